The van der Waals surface area contributed by atoms with Crippen LogP contribution in [0.2, 0.25) is 0 Å². The number of nitrogens with zero attached hydrogens (tertiary/aromatic N) is 3. The van der Waals surface area contributed by atoms with Crippen molar-refractivity contribution in [1.82, 2.24) is 14.5 Å². The molecule has 0 atom stereocenters. The van der Waals surface area contributed by atoms with E-state index in [9.17, 15) is 4.79 Å². The second kappa shape index (κ2) is 6.15. The lowest BCUT2D eigenvalue weighted by atomic mass is 10.2. The fourth-order valence-corrected chi connectivity index (χ4v) is 1.68. The van der Waals surface area contributed by atoms with Crippen molar-refractivity contribution in [1.29, 1.82) is 0 Å². The van der Waals surface area contributed by atoms with E-state index >= 15 is 0 Å². The second-order valence-corrected chi connectivity index (χ2v) is 4.57. The number of amides is 1. The standard InChI is InChI=1S/C14H18N4O/c1-17(2)10-11-18-9-8-15-14(18)16-13(19)12-6-4-3-5-7-12/h3-9H,10-11H2,1-2H3,(H,15,16,19). The zero-order chi connectivity index (χ0) is 13.7. The molecular formula is C14H18N4O. The van der Waals surface area contributed by atoms with Gasteiger partial charge in [-0.15, -0.1) is 0 Å². The Morgan fingerprint density at radius 3 is 2.74 bits per heavy atom. The fraction of sp³-hybridized carbons (Fsp3) is 0.286. The van der Waals surface area contributed by atoms with E-state index < -0.39 is 0 Å². The summed E-state index contributed by atoms with van der Waals surface area (Å²) >= 11 is 0. The lowest BCUT2D eigenvalue weighted by Gasteiger charge is -2.12. The Morgan fingerprint density at radius 2 is 2.05 bits per heavy atom. The van der Waals surface area contributed by atoms with Gasteiger partial charge in [-0.1, -0.05) is 18.2 Å². The highest BCUT2D eigenvalue weighted by Gasteiger charge is 2.09. The molecule has 1 amide bonds. The van der Waals surface area contributed by atoms with Gasteiger partial charge in [0.05, 0.1) is 0 Å². The molecule has 100 valence electrons. The van der Waals surface area contributed by atoms with Crippen LogP contribution in [0.1, 0.15) is 10.4 Å². The first-order valence-electron chi connectivity index (χ1n) is 6.19. The maximum Gasteiger partial charge on any atom is 0.257 e. The molecule has 0 saturated carbocycles. The molecule has 2 aromatic rings. The van der Waals surface area contributed by atoms with Crippen molar-refractivity contribution in [3.63, 3.8) is 0 Å². The molecule has 2 rings (SSSR count). The van der Waals surface area contributed by atoms with Crippen LogP contribution >= 0.6 is 0 Å². The maximum atomic E-state index is 12.0. The molecule has 0 saturated heterocycles. The number of likely N-dealkylation sites (N-methyl/N-ethyl adjacent to an activating group) is 1. The number of aromatic nitrogens is 2. The van der Waals surface area contributed by atoms with Crippen molar-refractivity contribution in [2.75, 3.05) is 26.0 Å². The van der Waals surface area contributed by atoms with E-state index in [2.05, 4.69) is 15.2 Å². The average molecular weight is 258 g/mol. The minimum Gasteiger partial charge on any atom is -0.316 e. The van der Waals surface area contributed by atoms with E-state index in [0.29, 0.717) is 11.5 Å². The Kier molecular flexibility index (Phi) is 4.30. The molecule has 1 aromatic carbocycles. The highest BCUT2D eigenvalue weighted by Crippen LogP contribution is 2.07. The maximum absolute atomic E-state index is 12.0. The number of nitrogens with one attached hydrogen (secondary N) is 1. The van der Waals surface area contributed by atoms with Crippen LogP contribution in [-0.4, -0.2) is 41.0 Å². The van der Waals surface area contributed by atoms with Gasteiger partial charge in [-0.3, -0.25) is 10.1 Å². The molecular weight excluding hydrogens is 240 g/mol. The summed E-state index contributed by atoms with van der Waals surface area (Å²) in [7, 11) is 4.03. The normalized spacial score (nSPS) is 10.7. The number of hydrogen-bond donors (Lipinski definition) is 1. The van der Waals surface area contributed by atoms with Crippen LogP contribution < -0.4 is 5.32 Å². The summed E-state index contributed by atoms with van der Waals surface area (Å²) in [6.45, 7) is 1.68. The number of imidazole rings is 1. The van der Waals surface area contributed by atoms with E-state index in [-0.39, 0.29) is 5.91 Å². The van der Waals surface area contributed by atoms with Gasteiger partial charge < -0.3 is 9.47 Å². The molecule has 1 aromatic heterocycles. The second-order valence-electron chi connectivity index (χ2n) is 4.57. The minimum atomic E-state index is -0.141. The van der Waals surface area contributed by atoms with E-state index in [1.807, 2.05) is 43.1 Å². The van der Waals surface area contributed by atoms with Gasteiger partial charge in [-0.25, -0.2) is 4.98 Å². The molecule has 0 aliphatic heterocycles. The first kappa shape index (κ1) is 13.3. The van der Waals surface area contributed by atoms with Crippen LogP contribution in [0.15, 0.2) is 42.7 Å². The third-order valence-electron chi connectivity index (χ3n) is 2.76. The highest BCUT2D eigenvalue weighted by atomic mass is 16.1. The van der Waals surface area contributed by atoms with E-state index in [1.165, 1.54) is 0 Å². The Morgan fingerprint density at radius 1 is 1.32 bits per heavy atom. The van der Waals surface area contributed by atoms with Crippen LogP contribution in [-0.2, 0) is 6.54 Å². The Balaban J connectivity index is 2.03. The third kappa shape index (κ3) is 3.66. The molecule has 0 fully saturated rings. The molecule has 19 heavy (non-hydrogen) atoms. The molecule has 0 unspecified atom stereocenters. The Hall–Kier alpha value is -2.14. The number of carbonyl (C=O) groups excluding carboxylic acids is 1. The Labute approximate surface area is 112 Å². The highest BCUT2D eigenvalue weighted by molar-refractivity contribution is 6.03. The van der Waals surface area contributed by atoms with Crippen molar-refractivity contribution >= 4 is 11.9 Å². The lowest BCUT2D eigenvalue weighted by Crippen LogP contribution is -2.21. The summed E-state index contributed by atoms with van der Waals surface area (Å²) in [6, 6.07) is 9.13. The van der Waals surface area contributed by atoms with Crippen molar-refractivity contribution in [2.45, 2.75) is 6.54 Å². The summed E-state index contributed by atoms with van der Waals surface area (Å²) in [5.74, 6) is 0.439. The summed E-state index contributed by atoms with van der Waals surface area (Å²) in [6.07, 6.45) is 3.56. The number of rotatable bonds is 5. The van der Waals surface area contributed by atoms with E-state index in [4.69, 9.17) is 0 Å². The molecule has 0 aliphatic carbocycles. The van der Waals surface area contributed by atoms with Crippen LogP contribution in [0, 0.1) is 0 Å². The molecule has 1 N–H and O–H groups in total. The molecule has 0 radical (unpaired) electrons. The predicted molar refractivity (Wildman–Crippen MR) is 75.2 cm³/mol. The topological polar surface area (TPSA) is 50.2 Å². The van der Waals surface area contributed by atoms with Gasteiger partial charge in [0.15, 0.2) is 0 Å². The van der Waals surface area contributed by atoms with Crippen LogP contribution in [0.5, 0.6) is 0 Å². The SMILES string of the molecule is CN(C)CCn1ccnc1NC(=O)c1ccccc1. The van der Waals surface area contributed by atoms with Crippen molar-refractivity contribution in [3.05, 3.63) is 48.3 Å². The van der Waals surface area contributed by atoms with Crippen LogP contribution in [0.4, 0.5) is 5.95 Å². The molecule has 5 nitrogen and oxygen atoms in total. The van der Waals surface area contributed by atoms with E-state index in [1.54, 1.807) is 18.3 Å². The first-order valence-corrected chi connectivity index (χ1v) is 6.19. The van der Waals surface area contributed by atoms with E-state index in [0.717, 1.165) is 13.1 Å². The number of hydrogen-bond acceptors (Lipinski definition) is 3. The minimum absolute atomic E-state index is 0.141. The van der Waals surface area contributed by atoms with Crippen molar-refractivity contribution < 1.29 is 4.79 Å². The smallest absolute Gasteiger partial charge is 0.257 e. The molecule has 0 spiro atoms. The quantitative estimate of drug-likeness (QED) is 0.888. The fourth-order valence-electron chi connectivity index (χ4n) is 1.68. The number of carbonyl (C=O) groups is 1. The molecule has 1 heterocycles. The summed E-state index contributed by atoms with van der Waals surface area (Å²) in [5, 5.41) is 2.82. The Bertz CT molecular complexity index is 533. The number of benzene rings is 1. The predicted octanol–water partition coefficient (Wildman–Crippen LogP) is 1.70. The zero-order valence-corrected chi connectivity index (χ0v) is 11.2. The van der Waals surface area contributed by atoms with Gasteiger partial charge in [-0.05, 0) is 26.2 Å². The summed E-state index contributed by atoms with van der Waals surface area (Å²) in [4.78, 5) is 18.3. The van der Waals surface area contributed by atoms with Gasteiger partial charge in [0, 0.05) is 31.0 Å². The van der Waals surface area contributed by atoms with Gasteiger partial charge in [0.1, 0.15) is 0 Å². The molecule has 0 aliphatic rings. The monoisotopic (exact) mass is 258 g/mol. The van der Waals surface area contributed by atoms with Crippen LogP contribution in [0.25, 0.3) is 0 Å². The number of anilines is 1. The summed E-state index contributed by atoms with van der Waals surface area (Å²) < 4.78 is 1.93. The van der Waals surface area contributed by atoms with Gasteiger partial charge in [0.25, 0.3) is 5.91 Å². The van der Waals surface area contributed by atoms with Gasteiger partial charge in [-0.2, -0.15) is 0 Å². The van der Waals surface area contributed by atoms with Gasteiger partial charge in [0.2, 0.25) is 5.95 Å². The van der Waals surface area contributed by atoms with Crippen molar-refractivity contribution in [3.8, 4) is 0 Å². The lowest BCUT2D eigenvalue weighted by molar-refractivity contribution is 0.102. The first-order chi connectivity index (χ1) is 9.16. The average Bonchev–Trinajstić information content (AvgIpc) is 2.84. The third-order valence-corrected chi connectivity index (χ3v) is 2.76. The largest absolute Gasteiger partial charge is 0.316 e. The zero-order valence-electron chi connectivity index (χ0n) is 11.2. The molecule has 5 heteroatoms. The van der Waals surface area contributed by atoms with Crippen LogP contribution in [0.3, 0.4) is 0 Å². The molecule has 0 bridgehead atoms. The van der Waals surface area contributed by atoms with Crippen molar-refractivity contribution in [2.24, 2.45) is 0 Å². The van der Waals surface area contributed by atoms with Gasteiger partial charge >= 0.3 is 0 Å². The summed E-state index contributed by atoms with van der Waals surface area (Å²) in [5.41, 5.74) is 0.629.